The van der Waals surface area contributed by atoms with Crippen LogP contribution in [0.15, 0.2) is 12.1 Å². The predicted molar refractivity (Wildman–Crippen MR) is 79.7 cm³/mol. The van der Waals surface area contributed by atoms with Crippen molar-refractivity contribution in [2.24, 2.45) is 0 Å². The van der Waals surface area contributed by atoms with Crippen LogP contribution in [0.3, 0.4) is 0 Å². The van der Waals surface area contributed by atoms with E-state index in [1.807, 2.05) is 19.1 Å². The van der Waals surface area contributed by atoms with E-state index in [9.17, 15) is 4.79 Å². The topological polar surface area (TPSA) is 58.4 Å². The van der Waals surface area contributed by atoms with Gasteiger partial charge in [0, 0.05) is 19.3 Å². The Bertz CT molecular complexity index is 490. The van der Waals surface area contributed by atoms with Crippen LogP contribution in [0.4, 0.5) is 11.4 Å². The molecule has 3 N–H and O–H groups in total. The zero-order chi connectivity index (χ0) is 14.0. The van der Waals surface area contributed by atoms with Crippen LogP contribution in [-0.4, -0.2) is 25.5 Å². The van der Waals surface area contributed by atoms with Gasteiger partial charge in [0.25, 0.3) is 0 Å². The lowest BCUT2D eigenvalue weighted by molar-refractivity contribution is -0.122. The molecule has 0 bridgehead atoms. The number of aryl methyl sites for hydroxylation is 1. The van der Waals surface area contributed by atoms with Gasteiger partial charge in [0.1, 0.15) is 6.04 Å². The maximum Gasteiger partial charge on any atom is 0.242 e. The highest BCUT2D eigenvalue weighted by Crippen LogP contribution is 2.33. The number of anilines is 2. The molecule has 1 heterocycles. The summed E-state index contributed by atoms with van der Waals surface area (Å²) in [5.41, 5.74) is 8.45. The van der Waals surface area contributed by atoms with E-state index in [-0.39, 0.29) is 11.9 Å². The van der Waals surface area contributed by atoms with Gasteiger partial charge in [0.2, 0.25) is 5.91 Å². The number of nitrogen functional groups attached to an aromatic ring is 1. The van der Waals surface area contributed by atoms with Crippen molar-refractivity contribution in [2.75, 3.05) is 24.2 Å². The fourth-order valence-electron chi connectivity index (χ4n) is 2.66. The molecule has 0 radical (unpaired) electrons. The van der Waals surface area contributed by atoms with E-state index in [1.165, 1.54) is 0 Å². The van der Waals surface area contributed by atoms with Gasteiger partial charge in [0.15, 0.2) is 0 Å². The molecule has 0 spiro atoms. The van der Waals surface area contributed by atoms with E-state index >= 15 is 0 Å². The first-order valence-electron chi connectivity index (χ1n) is 6.58. The summed E-state index contributed by atoms with van der Waals surface area (Å²) < 4.78 is 0. The first-order valence-corrected chi connectivity index (χ1v) is 6.96. The van der Waals surface area contributed by atoms with Gasteiger partial charge >= 0.3 is 0 Å². The maximum atomic E-state index is 12.0. The smallest absolute Gasteiger partial charge is 0.242 e. The third kappa shape index (κ3) is 2.78. The molecule has 1 unspecified atom stereocenters. The highest BCUT2D eigenvalue weighted by atomic mass is 35.5. The largest absolute Gasteiger partial charge is 0.398 e. The number of carbonyl (C=O) groups is 1. The molecule has 0 aromatic heterocycles. The Morgan fingerprint density at radius 1 is 1.47 bits per heavy atom. The number of nitrogens with two attached hydrogens (primary N) is 1. The number of amides is 1. The summed E-state index contributed by atoms with van der Waals surface area (Å²) in [4.78, 5) is 14.1. The van der Waals surface area contributed by atoms with Crippen LogP contribution in [-0.2, 0) is 4.79 Å². The Morgan fingerprint density at radius 3 is 2.89 bits per heavy atom. The van der Waals surface area contributed by atoms with Crippen LogP contribution in [0, 0.1) is 6.92 Å². The van der Waals surface area contributed by atoms with E-state index in [1.54, 1.807) is 7.05 Å². The van der Waals surface area contributed by atoms with E-state index in [2.05, 4.69) is 10.2 Å². The molecule has 104 valence electrons. The highest BCUT2D eigenvalue weighted by molar-refractivity contribution is 6.33. The summed E-state index contributed by atoms with van der Waals surface area (Å²) in [6, 6.07) is 3.62. The molecule has 2 rings (SSSR count). The minimum absolute atomic E-state index is 0.0621. The zero-order valence-corrected chi connectivity index (χ0v) is 12.1. The molecule has 5 heteroatoms. The lowest BCUT2D eigenvalue weighted by Crippen LogP contribution is -2.49. The average molecular weight is 282 g/mol. The molecule has 1 fully saturated rings. The number of nitrogens with one attached hydrogen (secondary N) is 1. The molecule has 19 heavy (non-hydrogen) atoms. The summed E-state index contributed by atoms with van der Waals surface area (Å²) >= 11 is 6.11. The molecular weight excluding hydrogens is 262 g/mol. The monoisotopic (exact) mass is 281 g/mol. The number of rotatable bonds is 2. The maximum absolute atomic E-state index is 12.0. The van der Waals surface area contributed by atoms with Crippen molar-refractivity contribution in [3.8, 4) is 0 Å². The van der Waals surface area contributed by atoms with Crippen molar-refractivity contribution in [3.63, 3.8) is 0 Å². The van der Waals surface area contributed by atoms with Crippen molar-refractivity contribution in [1.29, 1.82) is 0 Å². The van der Waals surface area contributed by atoms with Gasteiger partial charge in [-0.05, 0) is 43.9 Å². The molecule has 4 nitrogen and oxygen atoms in total. The molecule has 1 aromatic rings. The summed E-state index contributed by atoms with van der Waals surface area (Å²) in [7, 11) is 1.68. The average Bonchev–Trinajstić information content (AvgIpc) is 2.42. The molecule has 0 saturated carbocycles. The lowest BCUT2D eigenvalue weighted by Gasteiger charge is -2.37. The Kier molecular flexibility index (Phi) is 4.20. The van der Waals surface area contributed by atoms with E-state index in [4.69, 9.17) is 17.3 Å². The van der Waals surface area contributed by atoms with Crippen LogP contribution >= 0.6 is 11.6 Å². The van der Waals surface area contributed by atoms with Gasteiger partial charge in [0.05, 0.1) is 10.7 Å². The van der Waals surface area contributed by atoms with Crippen molar-refractivity contribution >= 4 is 28.9 Å². The molecule has 1 amide bonds. The Balaban J connectivity index is 2.37. The normalized spacial score (nSPS) is 19.3. The molecule has 0 aliphatic carbocycles. The Hall–Kier alpha value is -1.42. The molecule has 1 saturated heterocycles. The van der Waals surface area contributed by atoms with E-state index in [0.717, 1.165) is 37.1 Å². The Labute approximate surface area is 118 Å². The summed E-state index contributed by atoms with van der Waals surface area (Å²) in [6.45, 7) is 2.87. The first kappa shape index (κ1) is 14.0. The second-order valence-electron chi connectivity index (χ2n) is 4.98. The van der Waals surface area contributed by atoms with Crippen molar-refractivity contribution in [1.82, 2.24) is 5.32 Å². The van der Waals surface area contributed by atoms with Crippen LogP contribution in [0.25, 0.3) is 0 Å². The standard InChI is InChI=1S/C14H20ClN3O/c1-9-7-11(16)10(15)8-13(9)18-6-4-3-5-12(18)14(19)17-2/h7-8,12H,3-6,16H2,1-2H3,(H,17,19). The van der Waals surface area contributed by atoms with Gasteiger partial charge < -0.3 is 16.0 Å². The second-order valence-corrected chi connectivity index (χ2v) is 5.39. The number of hydrogen-bond donors (Lipinski definition) is 2. The summed E-state index contributed by atoms with van der Waals surface area (Å²) in [5, 5.41) is 3.28. The van der Waals surface area contributed by atoms with Crippen LogP contribution in [0.2, 0.25) is 5.02 Å². The Morgan fingerprint density at radius 2 is 2.21 bits per heavy atom. The number of carbonyl (C=O) groups excluding carboxylic acids is 1. The van der Waals surface area contributed by atoms with Gasteiger partial charge in [-0.1, -0.05) is 11.6 Å². The first-order chi connectivity index (χ1) is 9.04. The third-order valence-corrected chi connectivity index (χ3v) is 4.00. The van der Waals surface area contributed by atoms with Crippen molar-refractivity contribution in [3.05, 3.63) is 22.7 Å². The van der Waals surface area contributed by atoms with Crippen molar-refractivity contribution in [2.45, 2.75) is 32.2 Å². The number of nitrogens with zero attached hydrogens (tertiary/aromatic N) is 1. The minimum atomic E-state index is -0.114. The second kappa shape index (κ2) is 5.70. The molecule has 1 aromatic carbocycles. The fraction of sp³-hybridized carbons (Fsp3) is 0.500. The van der Waals surface area contributed by atoms with Gasteiger partial charge in [-0.2, -0.15) is 0 Å². The highest BCUT2D eigenvalue weighted by Gasteiger charge is 2.29. The van der Waals surface area contributed by atoms with Gasteiger partial charge in [-0.15, -0.1) is 0 Å². The molecule has 1 aliphatic rings. The van der Waals surface area contributed by atoms with Crippen LogP contribution < -0.4 is 16.0 Å². The van der Waals surface area contributed by atoms with E-state index in [0.29, 0.717) is 10.7 Å². The van der Waals surface area contributed by atoms with Gasteiger partial charge in [-0.25, -0.2) is 0 Å². The summed E-state index contributed by atoms with van der Waals surface area (Å²) in [5.74, 6) is 0.0621. The molecule has 1 atom stereocenters. The number of hydrogen-bond acceptors (Lipinski definition) is 3. The SMILES string of the molecule is CNC(=O)C1CCCCN1c1cc(Cl)c(N)cc1C. The van der Waals surface area contributed by atoms with Crippen LogP contribution in [0.1, 0.15) is 24.8 Å². The van der Waals surface area contributed by atoms with E-state index < -0.39 is 0 Å². The number of halogens is 1. The third-order valence-electron chi connectivity index (χ3n) is 3.68. The van der Waals surface area contributed by atoms with Crippen molar-refractivity contribution < 1.29 is 4.79 Å². The quantitative estimate of drug-likeness (QED) is 0.818. The number of likely N-dealkylation sites (N-methyl/N-ethyl adjacent to an activating group) is 1. The lowest BCUT2D eigenvalue weighted by atomic mass is 9.99. The zero-order valence-electron chi connectivity index (χ0n) is 11.4. The number of piperidine rings is 1. The minimum Gasteiger partial charge on any atom is -0.398 e. The van der Waals surface area contributed by atoms with Gasteiger partial charge in [-0.3, -0.25) is 4.79 Å². The predicted octanol–water partition coefficient (Wildman–Crippen LogP) is 2.34. The number of benzene rings is 1. The fourth-order valence-corrected chi connectivity index (χ4v) is 2.82. The molecule has 1 aliphatic heterocycles. The summed E-state index contributed by atoms with van der Waals surface area (Å²) in [6.07, 6.45) is 3.05. The van der Waals surface area contributed by atoms with Crippen LogP contribution in [0.5, 0.6) is 0 Å². The molecular formula is C14H20ClN3O.